The average molecular weight is 392 g/mol. The molecule has 152 valence electrons. The van der Waals surface area contributed by atoms with Gasteiger partial charge in [0.2, 0.25) is 5.91 Å². The lowest BCUT2D eigenvalue weighted by atomic mass is 9.97. The first-order valence-electron chi connectivity index (χ1n) is 10.2. The fraction of sp³-hybridized carbons (Fsp3) is 0.333. The number of amides is 3. The minimum Gasteiger partial charge on any atom is -0.338 e. The molecule has 3 amide bonds. The summed E-state index contributed by atoms with van der Waals surface area (Å²) in [5, 5.41) is 5.75. The Kier molecular flexibility index (Phi) is 7.45. The Balaban J connectivity index is 1.44. The van der Waals surface area contributed by atoms with Crippen molar-refractivity contribution in [1.29, 1.82) is 0 Å². The van der Waals surface area contributed by atoms with E-state index in [0.29, 0.717) is 18.7 Å². The zero-order chi connectivity index (χ0) is 20.5. The molecule has 3 rings (SSSR count). The van der Waals surface area contributed by atoms with Gasteiger partial charge in [0, 0.05) is 25.0 Å². The number of benzene rings is 2. The zero-order valence-electron chi connectivity index (χ0n) is 17.0. The van der Waals surface area contributed by atoms with Gasteiger partial charge in [-0.05, 0) is 61.9 Å². The molecule has 0 spiro atoms. The Morgan fingerprint density at radius 1 is 1.00 bits per heavy atom. The summed E-state index contributed by atoms with van der Waals surface area (Å²) in [5.41, 5.74) is 3.95. The molecule has 0 radical (unpaired) electrons. The van der Waals surface area contributed by atoms with Gasteiger partial charge in [0.25, 0.3) is 0 Å². The van der Waals surface area contributed by atoms with Gasteiger partial charge in [-0.15, -0.1) is 0 Å². The molecule has 5 heteroatoms. The van der Waals surface area contributed by atoms with Crippen LogP contribution in [0.3, 0.4) is 0 Å². The molecule has 0 atom stereocenters. The van der Waals surface area contributed by atoms with Crippen molar-refractivity contribution in [2.24, 2.45) is 0 Å². The number of allylic oxidation sites excluding steroid dienone is 1. The second-order valence-corrected chi connectivity index (χ2v) is 7.40. The number of carbonyl (C=O) groups is 2. The molecule has 2 aromatic carbocycles. The molecular weight excluding hydrogens is 362 g/mol. The minimum absolute atomic E-state index is 0.0201. The van der Waals surface area contributed by atoms with Crippen LogP contribution in [-0.4, -0.2) is 25.5 Å². The SMILES string of the molecule is CN(C(=O)Cc1ccc(NC(=O)NCCC2=CCCCC2)cc1)c1ccccc1. The van der Waals surface area contributed by atoms with Crippen molar-refractivity contribution in [3.05, 3.63) is 71.8 Å². The monoisotopic (exact) mass is 391 g/mol. The van der Waals surface area contributed by atoms with Crippen LogP contribution < -0.4 is 15.5 Å². The first-order valence-corrected chi connectivity index (χ1v) is 10.2. The summed E-state index contributed by atoms with van der Waals surface area (Å²) < 4.78 is 0. The van der Waals surface area contributed by atoms with Gasteiger partial charge in [-0.3, -0.25) is 4.79 Å². The third-order valence-electron chi connectivity index (χ3n) is 5.20. The highest BCUT2D eigenvalue weighted by Crippen LogP contribution is 2.19. The van der Waals surface area contributed by atoms with Crippen molar-refractivity contribution >= 4 is 23.3 Å². The van der Waals surface area contributed by atoms with Crippen molar-refractivity contribution < 1.29 is 9.59 Å². The predicted molar refractivity (Wildman–Crippen MR) is 118 cm³/mol. The highest BCUT2D eigenvalue weighted by Gasteiger charge is 2.11. The van der Waals surface area contributed by atoms with Gasteiger partial charge < -0.3 is 15.5 Å². The van der Waals surface area contributed by atoms with Crippen LogP contribution >= 0.6 is 0 Å². The lowest BCUT2D eigenvalue weighted by molar-refractivity contribution is -0.117. The van der Waals surface area contributed by atoms with E-state index in [4.69, 9.17) is 0 Å². The van der Waals surface area contributed by atoms with E-state index in [0.717, 1.165) is 30.5 Å². The lowest BCUT2D eigenvalue weighted by Gasteiger charge is -2.17. The molecule has 1 aliphatic rings. The highest BCUT2D eigenvalue weighted by molar-refractivity contribution is 5.94. The number of rotatable bonds is 7. The van der Waals surface area contributed by atoms with Crippen LogP contribution in [-0.2, 0) is 11.2 Å². The van der Waals surface area contributed by atoms with Gasteiger partial charge in [0.15, 0.2) is 0 Å². The Labute approximate surface area is 172 Å². The number of anilines is 2. The van der Waals surface area contributed by atoms with Crippen LogP contribution in [0.5, 0.6) is 0 Å². The van der Waals surface area contributed by atoms with Crippen LogP contribution in [0.25, 0.3) is 0 Å². The summed E-state index contributed by atoms with van der Waals surface area (Å²) in [6, 6.07) is 16.8. The first-order chi connectivity index (χ1) is 14.1. The molecule has 2 N–H and O–H groups in total. The van der Waals surface area contributed by atoms with Crippen molar-refractivity contribution in [1.82, 2.24) is 5.32 Å². The van der Waals surface area contributed by atoms with Crippen molar-refractivity contribution in [3.63, 3.8) is 0 Å². The van der Waals surface area contributed by atoms with Gasteiger partial charge in [-0.25, -0.2) is 4.79 Å². The molecule has 0 bridgehead atoms. The number of carbonyl (C=O) groups excluding carboxylic acids is 2. The second kappa shape index (κ2) is 10.5. The number of nitrogens with one attached hydrogen (secondary N) is 2. The van der Waals surface area contributed by atoms with Crippen molar-refractivity contribution in [3.8, 4) is 0 Å². The summed E-state index contributed by atoms with van der Waals surface area (Å²) in [4.78, 5) is 26.2. The van der Waals surface area contributed by atoms with Gasteiger partial charge in [0.05, 0.1) is 6.42 Å². The van der Waals surface area contributed by atoms with Crippen LogP contribution in [0.2, 0.25) is 0 Å². The number of hydrogen-bond acceptors (Lipinski definition) is 2. The van der Waals surface area contributed by atoms with E-state index in [9.17, 15) is 9.59 Å². The zero-order valence-corrected chi connectivity index (χ0v) is 17.0. The van der Waals surface area contributed by atoms with E-state index in [2.05, 4.69) is 16.7 Å². The van der Waals surface area contributed by atoms with E-state index in [1.54, 1.807) is 11.9 Å². The third-order valence-corrected chi connectivity index (χ3v) is 5.20. The minimum atomic E-state index is -0.200. The maximum Gasteiger partial charge on any atom is 0.319 e. The molecule has 0 aromatic heterocycles. The molecule has 0 aliphatic heterocycles. The van der Waals surface area contributed by atoms with E-state index in [1.165, 1.54) is 18.4 Å². The van der Waals surface area contributed by atoms with Gasteiger partial charge in [-0.2, -0.15) is 0 Å². The van der Waals surface area contributed by atoms with E-state index >= 15 is 0 Å². The largest absolute Gasteiger partial charge is 0.338 e. The number of likely N-dealkylation sites (N-methyl/N-ethyl adjacent to an activating group) is 1. The Bertz CT molecular complexity index is 844. The summed E-state index contributed by atoms with van der Waals surface area (Å²) in [7, 11) is 1.78. The molecule has 0 unspecified atom stereocenters. The standard InChI is InChI=1S/C24H29N3O2/c1-27(22-10-6-3-7-11-22)23(28)18-20-12-14-21(15-13-20)26-24(29)25-17-16-19-8-4-2-5-9-19/h3,6-8,10-15H,2,4-5,9,16-18H2,1H3,(H2,25,26,29). The number of para-hydroxylation sites is 1. The smallest absolute Gasteiger partial charge is 0.319 e. The van der Waals surface area contributed by atoms with Crippen LogP contribution in [0, 0.1) is 0 Å². The number of urea groups is 1. The summed E-state index contributed by atoms with van der Waals surface area (Å²) in [6.07, 6.45) is 8.39. The summed E-state index contributed by atoms with van der Waals surface area (Å²) >= 11 is 0. The average Bonchev–Trinajstić information content (AvgIpc) is 2.76. The van der Waals surface area contributed by atoms with E-state index < -0.39 is 0 Å². The van der Waals surface area contributed by atoms with E-state index in [1.807, 2.05) is 54.6 Å². The summed E-state index contributed by atoms with van der Waals surface area (Å²) in [5.74, 6) is 0.0201. The van der Waals surface area contributed by atoms with Crippen molar-refractivity contribution in [2.45, 2.75) is 38.5 Å². The molecule has 0 saturated heterocycles. The summed E-state index contributed by atoms with van der Waals surface area (Å²) in [6.45, 7) is 0.649. The van der Waals surface area contributed by atoms with Crippen LogP contribution in [0.1, 0.15) is 37.7 Å². The molecule has 0 fully saturated rings. The van der Waals surface area contributed by atoms with Gasteiger partial charge >= 0.3 is 6.03 Å². The quantitative estimate of drug-likeness (QED) is 0.659. The lowest BCUT2D eigenvalue weighted by Crippen LogP contribution is -2.29. The molecule has 0 saturated carbocycles. The van der Waals surface area contributed by atoms with E-state index in [-0.39, 0.29) is 11.9 Å². The second-order valence-electron chi connectivity index (χ2n) is 7.40. The van der Waals surface area contributed by atoms with Crippen LogP contribution in [0.4, 0.5) is 16.2 Å². The molecular formula is C24H29N3O2. The maximum atomic E-state index is 12.5. The van der Waals surface area contributed by atoms with Crippen LogP contribution in [0.15, 0.2) is 66.2 Å². The predicted octanol–water partition coefficient (Wildman–Crippen LogP) is 4.90. The Morgan fingerprint density at radius 2 is 1.76 bits per heavy atom. The fourth-order valence-corrected chi connectivity index (χ4v) is 3.44. The molecule has 2 aromatic rings. The Hall–Kier alpha value is -3.08. The highest BCUT2D eigenvalue weighted by atomic mass is 16.2. The molecule has 1 aliphatic carbocycles. The van der Waals surface area contributed by atoms with Gasteiger partial charge in [0.1, 0.15) is 0 Å². The molecule has 5 nitrogen and oxygen atoms in total. The first kappa shape index (κ1) is 20.6. The fourth-order valence-electron chi connectivity index (χ4n) is 3.44. The topological polar surface area (TPSA) is 61.4 Å². The third kappa shape index (κ3) is 6.49. The van der Waals surface area contributed by atoms with Gasteiger partial charge in [-0.1, -0.05) is 42.0 Å². The molecule has 29 heavy (non-hydrogen) atoms. The maximum absolute atomic E-state index is 12.5. The number of nitrogens with zero attached hydrogens (tertiary/aromatic N) is 1. The normalized spacial score (nSPS) is 13.3. The van der Waals surface area contributed by atoms with Crippen molar-refractivity contribution in [2.75, 3.05) is 23.8 Å². The number of hydrogen-bond donors (Lipinski definition) is 2. The Morgan fingerprint density at radius 3 is 2.45 bits per heavy atom. The molecule has 0 heterocycles.